The molecule has 3 rings (SSSR count). The summed E-state index contributed by atoms with van der Waals surface area (Å²) >= 11 is 0. The molecule has 1 saturated carbocycles. The van der Waals surface area contributed by atoms with E-state index in [1.807, 2.05) is 6.92 Å². The Morgan fingerprint density at radius 2 is 1.73 bits per heavy atom. The van der Waals surface area contributed by atoms with E-state index in [1.165, 1.54) is 26.0 Å². The fraction of sp³-hybridized carbons (Fsp3) is 0.480. The number of ether oxygens (including phenoxy) is 3. The average molecular weight is 466 g/mol. The summed E-state index contributed by atoms with van der Waals surface area (Å²) in [6.07, 6.45) is -1.42. The second-order valence-electron chi connectivity index (χ2n) is 8.92. The third-order valence-corrected chi connectivity index (χ3v) is 5.43. The molecule has 8 heteroatoms. The molecule has 2 aromatic carbocycles. The van der Waals surface area contributed by atoms with Crippen LogP contribution in [-0.4, -0.2) is 29.4 Å². The van der Waals surface area contributed by atoms with Crippen LogP contribution in [0.15, 0.2) is 42.5 Å². The quantitative estimate of drug-likeness (QED) is 0.431. The van der Waals surface area contributed by atoms with Gasteiger partial charge in [0.15, 0.2) is 5.60 Å². The molecule has 0 heterocycles. The van der Waals surface area contributed by atoms with E-state index in [9.17, 15) is 18.0 Å². The van der Waals surface area contributed by atoms with E-state index in [-0.39, 0.29) is 6.10 Å². The molecule has 1 atom stereocenters. The molecule has 0 amide bonds. The molecule has 0 spiro atoms. The third-order valence-electron chi connectivity index (χ3n) is 5.43. The number of halogens is 3. The smallest absolute Gasteiger partial charge is 0.416 e. The van der Waals surface area contributed by atoms with Gasteiger partial charge in [0.2, 0.25) is 0 Å². The predicted octanol–water partition coefficient (Wildman–Crippen LogP) is 6.14. The van der Waals surface area contributed by atoms with Crippen molar-refractivity contribution in [3.63, 3.8) is 0 Å². The fourth-order valence-corrected chi connectivity index (χ4v) is 3.22. The summed E-state index contributed by atoms with van der Waals surface area (Å²) in [5, 5.41) is 9.13. The van der Waals surface area contributed by atoms with Gasteiger partial charge in [0.1, 0.15) is 17.2 Å². The summed E-state index contributed by atoms with van der Waals surface area (Å²) in [4.78, 5) is 11.2. The average Bonchev–Trinajstić information content (AvgIpc) is 3.53. The maximum Gasteiger partial charge on any atom is 0.416 e. The van der Waals surface area contributed by atoms with E-state index in [0.717, 1.165) is 18.9 Å². The number of hydrogen-bond acceptors (Lipinski definition) is 4. The predicted molar refractivity (Wildman–Crippen MR) is 117 cm³/mol. The monoisotopic (exact) mass is 466 g/mol. The first kappa shape index (κ1) is 24.7. The molecule has 5 nitrogen and oxygen atoms in total. The van der Waals surface area contributed by atoms with Crippen LogP contribution in [0.25, 0.3) is 0 Å². The number of benzene rings is 2. The molecule has 0 aliphatic heterocycles. The molecular formula is C25H29F3O5. The minimum absolute atomic E-state index is 0.251. The standard InChI is InChI=1S/C25H29F3O5/c1-16(12-13-31-20-7-9-21(10-8-20)33-24(2,3)23(29)30)32-22-11-6-19(25(26,27)28)15-18(22)14-17-4-5-17/h6-11,15-17H,4-5,12-14H2,1-3H3,(H,29,30). The van der Waals surface area contributed by atoms with Crippen molar-refractivity contribution in [2.45, 2.75) is 64.3 Å². The Labute approximate surface area is 191 Å². The van der Waals surface area contributed by atoms with Crippen LogP contribution in [0.4, 0.5) is 13.2 Å². The molecule has 0 aromatic heterocycles. The number of carboxylic acid groups (broad SMARTS) is 1. The number of rotatable bonds is 11. The van der Waals surface area contributed by atoms with Gasteiger partial charge >= 0.3 is 12.1 Å². The second kappa shape index (κ2) is 9.93. The first-order valence-electron chi connectivity index (χ1n) is 11.0. The lowest BCUT2D eigenvalue weighted by Gasteiger charge is -2.21. The Balaban J connectivity index is 1.52. The van der Waals surface area contributed by atoms with Crippen LogP contribution in [0, 0.1) is 5.92 Å². The number of carbonyl (C=O) groups is 1. The number of hydrogen-bond donors (Lipinski definition) is 1. The van der Waals surface area contributed by atoms with Crippen molar-refractivity contribution in [2.75, 3.05) is 6.61 Å². The van der Waals surface area contributed by atoms with Crippen molar-refractivity contribution in [1.29, 1.82) is 0 Å². The normalized spacial score (nSPS) is 15.1. The van der Waals surface area contributed by atoms with Gasteiger partial charge in [0.25, 0.3) is 0 Å². The maximum absolute atomic E-state index is 13.1. The van der Waals surface area contributed by atoms with Crippen LogP contribution in [0.3, 0.4) is 0 Å². The molecular weight excluding hydrogens is 437 g/mol. The molecule has 180 valence electrons. The Morgan fingerprint density at radius 3 is 2.30 bits per heavy atom. The van der Waals surface area contributed by atoms with Crippen molar-refractivity contribution < 1.29 is 37.3 Å². The second-order valence-corrected chi connectivity index (χ2v) is 8.92. The summed E-state index contributed by atoms with van der Waals surface area (Å²) in [6, 6.07) is 10.3. The van der Waals surface area contributed by atoms with Crippen molar-refractivity contribution >= 4 is 5.97 Å². The lowest BCUT2D eigenvalue weighted by atomic mass is 10.0. The van der Waals surface area contributed by atoms with Crippen LogP contribution in [0.1, 0.15) is 51.2 Å². The molecule has 0 bridgehead atoms. The van der Waals surface area contributed by atoms with Crippen LogP contribution in [-0.2, 0) is 17.4 Å². The van der Waals surface area contributed by atoms with E-state index in [2.05, 4.69) is 0 Å². The van der Waals surface area contributed by atoms with E-state index >= 15 is 0 Å². The highest BCUT2D eigenvalue weighted by molar-refractivity contribution is 5.76. The van der Waals surface area contributed by atoms with Crippen molar-refractivity contribution in [3.8, 4) is 17.2 Å². The molecule has 1 fully saturated rings. The first-order valence-corrected chi connectivity index (χ1v) is 11.0. The zero-order valence-corrected chi connectivity index (χ0v) is 18.9. The molecule has 1 unspecified atom stereocenters. The highest BCUT2D eigenvalue weighted by atomic mass is 19.4. The van der Waals surface area contributed by atoms with Gasteiger partial charge in [0, 0.05) is 6.42 Å². The molecule has 1 N–H and O–H groups in total. The summed E-state index contributed by atoms with van der Waals surface area (Å²) in [7, 11) is 0. The van der Waals surface area contributed by atoms with Crippen LogP contribution in [0.2, 0.25) is 0 Å². The van der Waals surface area contributed by atoms with Crippen molar-refractivity contribution in [1.82, 2.24) is 0 Å². The minimum atomic E-state index is -4.37. The van der Waals surface area contributed by atoms with E-state index in [4.69, 9.17) is 19.3 Å². The minimum Gasteiger partial charge on any atom is -0.493 e. The van der Waals surface area contributed by atoms with Gasteiger partial charge in [-0.25, -0.2) is 4.79 Å². The summed E-state index contributed by atoms with van der Waals surface area (Å²) < 4.78 is 56.4. The number of carboxylic acids is 1. The van der Waals surface area contributed by atoms with Crippen molar-refractivity contribution in [2.24, 2.45) is 5.92 Å². The van der Waals surface area contributed by atoms with Gasteiger partial charge in [-0.3, -0.25) is 0 Å². The lowest BCUT2D eigenvalue weighted by molar-refractivity contribution is -0.152. The fourth-order valence-electron chi connectivity index (χ4n) is 3.22. The number of aliphatic carboxylic acids is 1. The van der Waals surface area contributed by atoms with Crippen LogP contribution < -0.4 is 14.2 Å². The van der Waals surface area contributed by atoms with Gasteiger partial charge < -0.3 is 19.3 Å². The topological polar surface area (TPSA) is 65.0 Å². The molecule has 1 aliphatic carbocycles. The summed E-state index contributed by atoms with van der Waals surface area (Å²) in [6.45, 7) is 5.13. The number of alkyl halides is 3. The largest absolute Gasteiger partial charge is 0.493 e. The third kappa shape index (κ3) is 7.30. The molecule has 0 saturated heterocycles. The van der Waals surface area contributed by atoms with Crippen LogP contribution >= 0.6 is 0 Å². The Bertz CT molecular complexity index is 950. The molecule has 2 aromatic rings. The maximum atomic E-state index is 13.1. The highest BCUT2D eigenvalue weighted by Crippen LogP contribution is 2.38. The van der Waals surface area contributed by atoms with Gasteiger partial charge in [-0.1, -0.05) is 0 Å². The van der Waals surface area contributed by atoms with Gasteiger partial charge in [0.05, 0.1) is 18.3 Å². The Kier molecular flexibility index (Phi) is 7.44. The molecule has 1 aliphatic rings. The zero-order valence-electron chi connectivity index (χ0n) is 18.9. The van der Waals surface area contributed by atoms with E-state index in [0.29, 0.717) is 48.2 Å². The zero-order chi connectivity index (χ0) is 24.2. The Morgan fingerprint density at radius 1 is 1.09 bits per heavy atom. The van der Waals surface area contributed by atoms with Crippen molar-refractivity contribution in [3.05, 3.63) is 53.6 Å². The molecule has 33 heavy (non-hydrogen) atoms. The Hall–Kier alpha value is -2.90. The van der Waals surface area contributed by atoms with Gasteiger partial charge in [-0.2, -0.15) is 13.2 Å². The lowest BCUT2D eigenvalue weighted by Crippen LogP contribution is -2.37. The van der Waals surface area contributed by atoms with E-state index in [1.54, 1.807) is 24.3 Å². The van der Waals surface area contributed by atoms with Crippen LogP contribution in [0.5, 0.6) is 17.2 Å². The SMILES string of the molecule is CC(CCOc1ccc(OC(C)(C)C(=O)O)cc1)Oc1ccc(C(F)(F)F)cc1CC1CC1. The van der Waals surface area contributed by atoms with Gasteiger partial charge in [-0.05, 0) is 94.0 Å². The molecule has 0 radical (unpaired) electrons. The van der Waals surface area contributed by atoms with E-state index < -0.39 is 23.3 Å². The highest BCUT2D eigenvalue weighted by Gasteiger charge is 2.32. The first-order chi connectivity index (χ1) is 15.4. The summed E-state index contributed by atoms with van der Waals surface area (Å²) in [5.74, 6) is 0.862. The summed E-state index contributed by atoms with van der Waals surface area (Å²) in [5.41, 5.74) is -1.40. The van der Waals surface area contributed by atoms with Gasteiger partial charge in [-0.15, -0.1) is 0 Å².